The molecule has 2 rings (SSSR count). The summed E-state index contributed by atoms with van der Waals surface area (Å²) >= 11 is 3.35. The number of pyridine rings is 1. The number of nitrogens with two attached hydrogens (primary N) is 2. The van der Waals surface area contributed by atoms with E-state index in [1.807, 2.05) is 24.4 Å². The third kappa shape index (κ3) is 5.61. The highest BCUT2D eigenvalue weighted by molar-refractivity contribution is 9.11. The van der Waals surface area contributed by atoms with E-state index in [4.69, 9.17) is 16.3 Å². The molecule has 1 saturated carbocycles. The summed E-state index contributed by atoms with van der Waals surface area (Å²) in [6, 6.07) is 5.46. The van der Waals surface area contributed by atoms with Crippen LogP contribution in [0.15, 0.2) is 59.2 Å². The molecule has 0 bridgehead atoms. The maximum Gasteiger partial charge on any atom is 0.219 e. The molecular formula is C15H19BrN4O. The molecule has 1 heterocycles. The van der Waals surface area contributed by atoms with Crippen molar-refractivity contribution in [2.45, 2.75) is 12.8 Å². The molecule has 0 unspecified atom stereocenters. The summed E-state index contributed by atoms with van der Waals surface area (Å²) < 4.78 is 6.33. The van der Waals surface area contributed by atoms with E-state index >= 15 is 0 Å². The molecule has 1 aliphatic carbocycles. The maximum atomic E-state index is 5.88. The second-order valence-corrected chi connectivity index (χ2v) is 5.65. The average molecular weight is 351 g/mol. The molecule has 0 aliphatic heterocycles. The van der Waals surface area contributed by atoms with Crippen molar-refractivity contribution in [1.29, 1.82) is 0 Å². The van der Waals surface area contributed by atoms with E-state index in [9.17, 15) is 0 Å². The fourth-order valence-electron chi connectivity index (χ4n) is 1.67. The summed E-state index contributed by atoms with van der Waals surface area (Å²) in [6.45, 7) is 0.884. The van der Waals surface area contributed by atoms with Gasteiger partial charge in [-0.25, -0.2) is 10.8 Å². The van der Waals surface area contributed by atoms with Crippen molar-refractivity contribution in [2.24, 2.45) is 17.5 Å². The first-order valence-electron chi connectivity index (χ1n) is 6.75. The van der Waals surface area contributed by atoms with E-state index in [0.29, 0.717) is 16.1 Å². The van der Waals surface area contributed by atoms with Crippen molar-refractivity contribution in [3.63, 3.8) is 0 Å². The highest BCUT2D eigenvalue weighted by Crippen LogP contribution is 2.29. The van der Waals surface area contributed by atoms with E-state index in [2.05, 4.69) is 20.9 Å². The minimum atomic E-state index is 0.499. The number of aromatic nitrogens is 1. The molecule has 4 N–H and O–H groups in total. The minimum Gasteiger partial charge on any atom is -0.438 e. The summed E-state index contributed by atoms with van der Waals surface area (Å²) in [4.78, 5) is 4.11. The number of nitrogens with zero attached hydrogens (tertiary/aromatic N) is 2. The first-order valence-corrected chi connectivity index (χ1v) is 7.55. The fraction of sp³-hybridized carbons (Fsp3) is 0.267. The van der Waals surface area contributed by atoms with Crippen LogP contribution in [0.2, 0.25) is 0 Å². The van der Waals surface area contributed by atoms with E-state index in [0.717, 1.165) is 12.5 Å². The van der Waals surface area contributed by atoms with Crippen molar-refractivity contribution in [3.05, 3.63) is 59.2 Å². The third-order valence-corrected chi connectivity index (χ3v) is 3.58. The Morgan fingerprint density at radius 1 is 1.48 bits per heavy atom. The predicted molar refractivity (Wildman–Crippen MR) is 86.9 cm³/mol. The minimum absolute atomic E-state index is 0.499. The maximum absolute atomic E-state index is 5.88. The molecule has 0 atom stereocenters. The standard InChI is InChI=1S/C15H19BrN4O/c16-13(10-17)14(21-15-5-1-2-8-19-15)4-3-9-20(18)11-12-6-7-12/h1-5,8-10,12H,6-7,11,17-18H2/b9-3+,13-10-,14-4+. The molecular weight excluding hydrogens is 332 g/mol. The number of rotatable bonds is 7. The second kappa shape index (κ2) is 7.85. The van der Waals surface area contributed by atoms with Gasteiger partial charge < -0.3 is 15.5 Å². The van der Waals surface area contributed by atoms with Gasteiger partial charge in [-0.1, -0.05) is 6.07 Å². The molecule has 0 aromatic carbocycles. The first-order chi connectivity index (χ1) is 10.2. The highest BCUT2D eigenvalue weighted by Gasteiger charge is 2.22. The van der Waals surface area contributed by atoms with Crippen molar-refractivity contribution in [3.8, 4) is 5.88 Å². The fourth-order valence-corrected chi connectivity index (χ4v) is 1.88. The van der Waals surface area contributed by atoms with Gasteiger partial charge in [-0.2, -0.15) is 0 Å². The topological polar surface area (TPSA) is 77.4 Å². The molecule has 112 valence electrons. The van der Waals surface area contributed by atoms with E-state index in [1.54, 1.807) is 23.3 Å². The molecule has 21 heavy (non-hydrogen) atoms. The summed E-state index contributed by atoms with van der Waals surface area (Å²) in [5.74, 6) is 7.68. The Labute approximate surface area is 133 Å². The molecule has 1 aliphatic rings. The zero-order valence-corrected chi connectivity index (χ0v) is 13.2. The molecule has 1 aromatic heterocycles. The van der Waals surface area contributed by atoms with Gasteiger partial charge in [0.05, 0.1) is 4.48 Å². The van der Waals surface area contributed by atoms with Crippen LogP contribution < -0.4 is 16.3 Å². The van der Waals surface area contributed by atoms with Crippen molar-refractivity contribution < 1.29 is 4.74 Å². The molecule has 0 saturated heterocycles. The first kappa shape index (κ1) is 15.6. The summed E-state index contributed by atoms with van der Waals surface area (Å²) in [5, 5.41) is 1.69. The van der Waals surface area contributed by atoms with Crippen LogP contribution in [-0.4, -0.2) is 16.5 Å². The van der Waals surface area contributed by atoms with Crippen molar-refractivity contribution >= 4 is 15.9 Å². The smallest absolute Gasteiger partial charge is 0.219 e. The van der Waals surface area contributed by atoms with Crippen LogP contribution in [0.3, 0.4) is 0 Å². The Morgan fingerprint density at radius 2 is 2.29 bits per heavy atom. The van der Waals surface area contributed by atoms with Crippen LogP contribution >= 0.6 is 15.9 Å². The molecule has 0 radical (unpaired) electrons. The van der Waals surface area contributed by atoms with Gasteiger partial charge in [0.15, 0.2) is 0 Å². The van der Waals surface area contributed by atoms with Gasteiger partial charge in [0.1, 0.15) is 5.76 Å². The van der Waals surface area contributed by atoms with E-state index < -0.39 is 0 Å². The number of hydrogen-bond donors (Lipinski definition) is 2. The summed E-state index contributed by atoms with van der Waals surface area (Å²) in [5.41, 5.74) is 5.52. The van der Waals surface area contributed by atoms with Crippen LogP contribution in [-0.2, 0) is 0 Å². The van der Waals surface area contributed by atoms with Gasteiger partial charge in [0.2, 0.25) is 5.88 Å². The Morgan fingerprint density at radius 3 is 2.90 bits per heavy atom. The molecule has 6 heteroatoms. The van der Waals surface area contributed by atoms with Gasteiger partial charge in [0, 0.05) is 31.2 Å². The Bertz CT molecular complexity index is 538. The SMILES string of the molecule is N/C=C(Br)/C(=C\C=C\N(N)CC1CC1)Oc1ccccn1. The van der Waals surface area contributed by atoms with Gasteiger partial charge in [-0.15, -0.1) is 0 Å². The second-order valence-electron chi connectivity index (χ2n) is 4.80. The zero-order chi connectivity index (χ0) is 15.1. The molecule has 5 nitrogen and oxygen atoms in total. The van der Waals surface area contributed by atoms with Gasteiger partial charge in [-0.3, -0.25) is 0 Å². The summed E-state index contributed by atoms with van der Waals surface area (Å²) in [6.07, 6.45) is 11.1. The molecule has 0 spiro atoms. The normalized spacial score (nSPS) is 16.3. The summed E-state index contributed by atoms with van der Waals surface area (Å²) in [7, 11) is 0. The zero-order valence-electron chi connectivity index (χ0n) is 11.7. The Hall–Kier alpha value is -1.79. The number of hydrogen-bond acceptors (Lipinski definition) is 5. The molecule has 1 fully saturated rings. The van der Waals surface area contributed by atoms with Crippen molar-refractivity contribution in [2.75, 3.05) is 6.54 Å². The monoisotopic (exact) mass is 350 g/mol. The van der Waals surface area contributed by atoms with Gasteiger partial charge in [-0.05, 0) is 52.9 Å². The molecule has 0 amide bonds. The van der Waals surface area contributed by atoms with Gasteiger partial charge >= 0.3 is 0 Å². The Balaban J connectivity index is 2.00. The Kier molecular flexibility index (Phi) is 5.83. The van der Waals surface area contributed by atoms with Crippen LogP contribution in [0, 0.1) is 5.92 Å². The van der Waals surface area contributed by atoms with Crippen LogP contribution in [0.1, 0.15) is 12.8 Å². The van der Waals surface area contributed by atoms with Crippen LogP contribution in [0.25, 0.3) is 0 Å². The largest absolute Gasteiger partial charge is 0.438 e. The van der Waals surface area contributed by atoms with E-state index in [-0.39, 0.29) is 0 Å². The van der Waals surface area contributed by atoms with Crippen LogP contribution in [0.5, 0.6) is 5.88 Å². The van der Waals surface area contributed by atoms with Crippen molar-refractivity contribution in [1.82, 2.24) is 9.99 Å². The van der Waals surface area contributed by atoms with Crippen LogP contribution in [0.4, 0.5) is 0 Å². The lowest BCUT2D eigenvalue weighted by Gasteiger charge is -2.12. The van der Waals surface area contributed by atoms with E-state index in [1.165, 1.54) is 19.0 Å². The lowest BCUT2D eigenvalue weighted by Crippen LogP contribution is -2.26. The van der Waals surface area contributed by atoms with Gasteiger partial charge in [0.25, 0.3) is 0 Å². The number of hydrazine groups is 1. The third-order valence-electron chi connectivity index (χ3n) is 2.93. The predicted octanol–water partition coefficient (Wildman–Crippen LogP) is 2.64. The number of ether oxygens (including phenoxy) is 1. The number of halogens is 1. The average Bonchev–Trinajstić information content (AvgIpc) is 3.30. The number of allylic oxidation sites excluding steroid dienone is 3. The lowest BCUT2D eigenvalue weighted by molar-refractivity contribution is 0.375. The quantitative estimate of drug-likeness (QED) is 0.342. The highest BCUT2D eigenvalue weighted by atomic mass is 79.9. The lowest BCUT2D eigenvalue weighted by atomic mass is 10.4. The molecule has 1 aromatic rings.